The molecular weight excluding hydrogens is 760 g/mol. The third kappa shape index (κ3) is 8.83. The fraction of sp³-hybridized carbons (Fsp3) is 0.211. The maximum atomic E-state index is 14.3. The Morgan fingerprint density at radius 2 is 1.18 bits per heavy atom. The van der Waals surface area contributed by atoms with Crippen molar-refractivity contribution in [1.82, 2.24) is 0 Å². The summed E-state index contributed by atoms with van der Waals surface area (Å²) in [4.78, 5) is 99.8. The van der Waals surface area contributed by atoms with E-state index in [-0.39, 0.29) is 22.1 Å². The van der Waals surface area contributed by atoms with Gasteiger partial charge in [0.1, 0.15) is 17.9 Å². The lowest BCUT2D eigenvalue weighted by atomic mass is 9.87. The highest BCUT2D eigenvalue weighted by Crippen LogP contribution is 2.51. The predicted molar refractivity (Wildman–Crippen MR) is 188 cm³/mol. The number of ether oxygens (including phenoxy) is 8. The number of phenolic OH excluding ortho intramolecular Hbond substituents is 2. The van der Waals surface area contributed by atoms with Crippen LogP contribution in [-0.2, 0) is 28.8 Å². The van der Waals surface area contributed by atoms with Gasteiger partial charge in [0.25, 0.3) is 0 Å². The monoisotopic (exact) mass is 790 g/mol. The van der Waals surface area contributed by atoms with Crippen LogP contribution in [0.15, 0.2) is 47.3 Å². The Hall–Kier alpha value is -7.70. The number of fused-ring (bicyclic) bond motifs is 2. The molecule has 5 rings (SSSR count). The van der Waals surface area contributed by atoms with Crippen molar-refractivity contribution < 1.29 is 86.8 Å². The Morgan fingerprint density at radius 1 is 0.632 bits per heavy atom. The minimum atomic E-state index is -1.34. The maximum absolute atomic E-state index is 14.3. The van der Waals surface area contributed by atoms with Crippen LogP contribution in [0.3, 0.4) is 0 Å². The lowest BCUT2D eigenvalue weighted by Crippen LogP contribution is -2.28. The third-order valence-corrected chi connectivity index (χ3v) is 7.66. The van der Waals surface area contributed by atoms with Gasteiger partial charge >= 0.3 is 35.8 Å². The minimum absolute atomic E-state index is 0.00932. The van der Waals surface area contributed by atoms with Crippen LogP contribution >= 0.6 is 0 Å². The van der Waals surface area contributed by atoms with Crippen LogP contribution in [0.25, 0.3) is 10.8 Å². The Kier molecular flexibility index (Phi) is 11.6. The minimum Gasteiger partial charge on any atom is -0.504 e. The summed E-state index contributed by atoms with van der Waals surface area (Å²) in [5.74, 6) is -14.9. The summed E-state index contributed by atoms with van der Waals surface area (Å²) in [7, 11) is 0. The zero-order chi connectivity index (χ0) is 41.9. The van der Waals surface area contributed by atoms with Gasteiger partial charge in [0, 0.05) is 40.7 Å². The lowest BCUT2D eigenvalue weighted by molar-refractivity contribution is -0.138. The van der Waals surface area contributed by atoms with Crippen molar-refractivity contribution in [3.63, 3.8) is 0 Å². The number of hydrogen-bond donors (Lipinski definition) is 3. The van der Waals surface area contributed by atoms with Gasteiger partial charge in [-0.15, -0.1) is 0 Å². The van der Waals surface area contributed by atoms with Crippen LogP contribution in [0.4, 0.5) is 0 Å². The smallest absolute Gasteiger partial charge is 0.349 e. The third-order valence-electron chi connectivity index (χ3n) is 7.66. The summed E-state index contributed by atoms with van der Waals surface area (Å²) in [6, 6.07) is 7.99. The van der Waals surface area contributed by atoms with E-state index in [0.29, 0.717) is 0 Å². The molecule has 0 saturated heterocycles. The fourth-order valence-electron chi connectivity index (χ4n) is 5.55. The van der Waals surface area contributed by atoms with E-state index in [0.717, 1.165) is 65.0 Å². The van der Waals surface area contributed by atoms with Crippen LogP contribution < -0.4 is 43.3 Å². The number of phenols is 2. The molecule has 19 heteroatoms. The summed E-state index contributed by atoms with van der Waals surface area (Å²) in [6.07, 6.45) is 0. The highest BCUT2D eigenvalue weighted by Gasteiger charge is 2.39. The Bertz CT molecular complexity index is 2430. The molecule has 0 aromatic heterocycles. The predicted octanol–water partition coefficient (Wildman–Crippen LogP) is 3.29. The van der Waals surface area contributed by atoms with Crippen molar-refractivity contribution in [3.05, 3.63) is 63.8 Å². The molecule has 0 spiro atoms. The number of aromatic hydroxyl groups is 3. The molecule has 0 aliphatic carbocycles. The Labute approximate surface area is 319 Å². The first-order chi connectivity index (χ1) is 26.9. The molecule has 0 bridgehead atoms. The first-order valence-electron chi connectivity index (χ1n) is 16.4. The number of hydrogen-bond acceptors (Lipinski definition) is 19. The first kappa shape index (κ1) is 40.5. The van der Waals surface area contributed by atoms with Gasteiger partial charge in [-0.1, -0.05) is 12.1 Å². The van der Waals surface area contributed by atoms with E-state index in [1.54, 1.807) is 0 Å². The van der Waals surface area contributed by atoms with Gasteiger partial charge in [-0.05, 0) is 35.2 Å². The molecule has 296 valence electrons. The average molecular weight is 791 g/mol. The highest BCUT2D eigenvalue weighted by atomic mass is 16.6. The molecular formula is C38H30O19. The van der Waals surface area contributed by atoms with Crippen LogP contribution in [0, 0.1) is 0 Å². The van der Waals surface area contributed by atoms with E-state index >= 15 is 0 Å². The molecule has 4 aromatic carbocycles. The van der Waals surface area contributed by atoms with Gasteiger partial charge in [0.05, 0.1) is 11.3 Å². The SMILES string of the molecule is CC(=O)Oc1cc(C2COc3cc(OC(=O)COc4cc5cccc(=O)c(O)c5c(O)c4O)c(OC(C)=O)c(OC(C)=O)c3C2=O)cc(OC(C)=O)c1OC(C)=O. The molecule has 1 aliphatic heterocycles. The van der Waals surface area contributed by atoms with E-state index in [9.17, 15) is 53.7 Å². The van der Waals surface area contributed by atoms with Crippen molar-refractivity contribution in [2.45, 2.75) is 40.5 Å². The van der Waals surface area contributed by atoms with Crippen molar-refractivity contribution in [2.75, 3.05) is 13.2 Å². The largest absolute Gasteiger partial charge is 0.504 e. The quantitative estimate of drug-likeness (QED) is 0.118. The van der Waals surface area contributed by atoms with Crippen molar-refractivity contribution >= 4 is 52.4 Å². The molecule has 0 fully saturated rings. The first-order valence-corrected chi connectivity index (χ1v) is 16.4. The summed E-state index contributed by atoms with van der Waals surface area (Å²) in [6.45, 7) is 3.55. The van der Waals surface area contributed by atoms with E-state index in [1.807, 2.05) is 0 Å². The molecule has 1 unspecified atom stereocenters. The van der Waals surface area contributed by atoms with E-state index in [4.69, 9.17) is 37.9 Å². The van der Waals surface area contributed by atoms with Gasteiger partial charge in [0.2, 0.25) is 22.7 Å². The molecule has 0 saturated carbocycles. The van der Waals surface area contributed by atoms with Crippen molar-refractivity contribution in [2.24, 2.45) is 0 Å². The van der Waals surface area contributed by atoms with E-state index in [1.165, 1.54) is 12.1 Å². The van der Waals surface area contributed by atoms with Crippen LogP contribution in [0.5, 0.6) is 63.2 Å². The average Bonchev–Trinajstić information content (AvgIpc) is 3.24. The van der Waals surface area contributed by atoms with Crippen LogP contribution in [-0.4, -0.2) is 70.1 Å². The maximum Gasteiger partial charge on any atom is 0.349 e. The molecule has 4 aromatic rings. The van der Waals surface area contributed by atoms with Crippen molar-refractivity contribution in [1.29, 1.82) is 0 Å². The number of benzene rings is 3. The summed E-state index contributed by atoms with van der Waals surface area (Å²) in [5, 5.41) is 30.9. The van der Waals surface area contributed by atoms with Gasteiger partial charge in [-0.2, -0.15) is 0 Å². The molecule has 0 amide bonds. The molecule has 1 atom stereocenters. The number of carbonyl (C=O) groups is 7. The molecule has 57 heavy (non-hydrogen) atoms. The lowest BCUT2D eigenvalue weighted by Gasteiger charge is -2.28. The van der Waals surface area contributed by atoms with E-state index in [2.05, 4.69) is 0 Å². The number of esters is 6. The number of Topliss-reactive ketones (excluding diaryl/α,β-unsaturated/α-hetero) is 1. The zero-order valence-corrected chi connectivity index (χ0v) is 30.4. The summed E-state index contributed by atoms with van der Waals surface area (Å²) >= 11 is 0. The van der Waals surface area contributed by atoms with Crippen molar-refractivity contribution in [3.8, 4) is 63.2 Å². The molecule has 0 radical (unpaired) electrons. The summed E-state index contributed by atoms with van der Waals surface area (Å²) in [5.41, 5.74) is -1.34. The Balaban J connectivity index is 1.55. The Morgan fingerprint density at radius 3 is 1.75 bits per heavy atom. The highest BCUT2D eigenvalue weighted by molar-refractivity contribution is 6.08. The second-order valence-corrected chi connectivity index (χ2v) is 12.0. The van der Waals surface area contributed by atoms with Crippen LogP contribution in [0.2, 0.25) is 0 Å². The second kappa shape index (κ2) is 16.3. The zero-order valence-electron chi connectivity index (χ0n) is 30.4. The normalized spacial score (nSPS) is 13.0. The molecule has 1 aliphatic rings. The second-order valence-electron chi connectivity index (χ2n) is 12.0. The van der Waals surface area contributed by atoms with Crippen LogP contribution in [0.1, 0.15) is 56.5 Å². The van der Waals surface area contributed by atoms with Gasteiger partial charge in [-0.3, -0.25) is 33.6 Å². The summed E-state index contributed by atoms with van der Waals surface area (Å²) < 4.78 is 42.7. The van der Waals surface area contributed by atoms with E-state index < -0.39 is 129 Å². The number of ketones is 1. The molecule has 1 heterocycles. The molecule has 3 N–H and O–H groups in total. The van der Waals surface area contributed by atoms with Gasteiger partial charge < -0.3 is 53.2 Å². The standard InChI is InChI=1S/C38H30O19/c1-15(39)52-26-10-21(11-27(53-16(2)40)36(26)54-17(3)41)22-13-50-24-12-28(37(55-18(4)42)38(56-19(5)43)31(24)32(22)46)57-29(45)14-51-25-9-20-7-6-8-23(44)33(47)30(20)35(49)34(25)48/h6-12,22,48-49H,13-14H2,1-5H3,(H,44,47). The number of rotatable bonds is 10. The fourth-order valence-corrected chi connectivity index (χ4v) is 5.55. The van der Waals surface area contributed by atoms with Gasteiger partial charge in [0.15, 0.2) is 52.6 Å². The number of carbonyl (C=O) groups excluding carboxylic acids is 7. The topological polar surface area (TPSA) is 271 Å². The van der Waals surface area contributed by atoms with Gasteiger partial charge in [-0.25, -0.2) is 4.79 Å². The molecule has 19 nitrogen and oxygen atoms in total.